The molecule has 29 heavy (non-hydrogen) atoms. The lowest BCUT2D eigenvalue weighted by atomic mass is 10.1. The molecular formula is C19H26N4O4S2. The molecule has 0 aromatic carbocycles. The first kappa shape index (κ1) is 20.5. The zero-order valence-corrected chi connectivity index (χ0v) is 17.9. The lowest BCUT2D eigenvalue weighted by Crippen LogP contribution is -2.35. The first-order chi connectivity index (χ1) is 14.0. The summed E-state index contributed by atoms with van der Waals surface area (Å²) in [7, 11) is -3.59. The van der Waals surface area contributed by atoms with Gasteiger partial charge in [0.25, 0.3) is 0 Å². The number of rotatable bonds is 5. The first-order valence-corrected chi connectivity index (χ1v) is 12.6. The van der Waals surface area contributed by atoms with Crippen molar-refractivity contribution in [2.45, 2.75) is 68.0 Å². The molecule has 2 fully saturated rings. The molecule has 0 atom stereocenters. The van der Waals surface area contributed by atoms with Crippen molar-refractivity contribution in [3.8, 4) is 11.5 Å². The number of nitrogens with zero attached hydrogens (tertiary/aromatic N) is 3. The zero-order valence-electron chi connectivity index (χ0n) is 16.3. The maximum atomic E-state index is 12.7. The van der Waals surface area contributed by atoms with Gasteiger partial charge in [-0.2, -0.15) is 0 Å². The molecule has 1 amide bonds. The standard InChI is InChI=1S/C19H26N4O4S2/c24-19(23-10-6-3-7-11-23)18-21-20-17(27-18)14-12-16(28-13-14)29(25,26)22-15-8-4-1-2-5-9-15/h12-13,15,22H,1-11H2. The number of nitrogens with one attached hydrogen (secondary N) is 1. The van der Waals surface area contributed by atoms with Crippen molar-refractivity contribution in [3.05, 3.63) is 17.3 Å². The van der Waals surface area contributed by atoms with Crippen LogP contribution in [0.5, 0.6) is 0 Å². The van der Waals surface area contributed by atoms with Gasteiger partial charge in [-0.25, -0.2) is 13.1 Å². The van der Waals surface area contributed by atoms with Crippen LogP contribution in [0.4, 0.5) is 0 Å². The number of carbonyl (C=O) groups is 1. The summed E-state index contributed by atoms with van der Waals surface area (Å²) in [4.78, 5) is 14.2. The normalized spacial score (nSPS) is 19.2. The highest BCUT2D eigenvalue weighted by Gasteiger charge is 2.26. The van der Waals surface area contributed by atoms with Gasteiger partial charge in [0.15, 0.2) is 0 Å². The molecule has 4 rings (SSSR count). The van der Waals surface area contributed by atoms with Crippen LogP contribution in [-0.2, 0) is 10.0 Å². The monoisotopic (exact) mass is 438 g/mol. The number of hydrogen-bond donors (Lipinski definition) is 1. The summed E-state index contributed by atoms with van der Waals surface area (Å²) < 4.78 is 34.1. The van der Waals surface area contributed by atoms with Crippen LogP contribution in [0.2, 0.25) is 0 Å². The van der Waals surface area contributed by atoms with Crippen LogP contribution in [0.1, 0.15) is 68.5 Å². The molecule has 2 aromatic rings. The Morgan fingerprint density at radius 1 is 1.07 bits per heavy atom. The summed E-state index contributed by atoms with van der Waals surface area (Å²) in [6.07, 6.45) is 9.27. The second kappa shape index (κ2) is 8.93. The van der Waals surface area contributed by atoms with Crippen molar-refractivity contribution >= 4 is 27.3 Å². The van der Waals surface area contributed by atoms with E-state index in [1.165, 1.54) is 6.07 Å². The summed E-state index contributed by atoms with van der Waals surface area (Å²) in [5, 5.41) is 9.50. The molecule has 0 bridgehead atoms. The fourth-order valence-corrected chi connectivity index (χ4v) is 6.38. The molecule has 0 unspecified atom stereocenters. The van der Waals surface area contributed by atoms with Crippen molar-refractivity contribution in [1.29, 1.82) is 0 Å². The van der Waals surface area contributed by atoms with Gasteiger partial charge < -0.3 is 9.32 Å². The van der Waals surface area contributed by atoms with E-state index in [0.717, 1.165) is 69.1 Å². The Balaban J connectivity index is 1.46. The highest BCUT2D eigenvalue weighted by atomic mass is 32.2. The SMILES string of the molecule is O=C(c1nnc(-c2csc(S(=O)(=O)NC3CCCCCC3)c2)o1)N1CCCCC1. The molecule has 1 saturated carbocycles. The first-order valence-electron chi connectivity index (χ1n) is 10.3. The van der Waals surface area contributed by atoms with Crippen LogP contribution < -0.4 is 4.72 Å². The van der Waals surface area contributed by atoms with E-state index in [-0.39, 0.29) is 27.9 Å². The summed E-state index contributed by atoms with van der Waals surface area (Å²) in [6, 6.07) is 1.53. The van der Waals surface area contributed by atoms with Crippen LogP contribution in [0.3, 0.4) is 0 Å². The minimum Gasteiger partial charge on any atom is -0.412 e. The second-order valence-corrected chi connectivity index (χ2v) is 10.6. The highest BCUT2D eigenvalue weighted by molar-refractivity contribution is 7.91. The fourth-order valence-electron chi connectivity index (χ4n) is 3.90. The minimum absolute atomic E-state index is 0.00905. The van der Waals surface area contributed by atoms with Gasteiger partial charge in [0, 0.05) is 24.5 Å². The number of amides is 1. The van der Waals surface area contributed by atoms with Gasteiger partial charge in [0.2, 0.25) is 15.9 Å². The van der Waals surface area contributed by atoms with Crippen molar-refractivity contribution in [2.24, 2.45) is 0 Å². The van der Waals surface area contributed by atoms with E-state index in [1.807, 2.05) is 0 Å². The summed E-state index contributed by atoms with van der Waals surface area (Å²) in [6.45, 7) is 1.40. The molecule has 8 nitrogen and oxygen atoms in total. The van der Waals surface area contributed by atoms with Crippen LogP contribution in [0.25, 0.3) is 11.5 Å². The summed E-state index contributed by atoms with van der Waals surface area (Å²) in [5.41, 5.74) is 0.515. The molecule has 1 N–H and O–H groups in total. The Morgan fingerprint density at radius 2 is 1.76 bits per heavy atom. The van der Waals surface area contributed by atoms with E-state index in [2.05, 4.69) is 14.9 Å². The molecule has 3 heterocycles. The van der Waals surface area contributed by atoms with Gasteiger partial charge in [-0.15, -0.1) is 21.5 Å². The van der Waals surface area contributed by atoms with E-state index in [1.54, 1.807) is 10.3 Å². The Kier molecular flexibility index (Phi) is 6.31. The van der Waals surface area contributed by atoms with E-state index in [9.17, 15) is 13.2 Å². The lowest BCUT2D eigenvalue weighted by molar-refractivity contribution is 0.0684. The van der Waals surface area contributed by atoms with Gasteiger partial charge >= 0.3 is 11.8 Å². The third-order valence-corrected chi connectivity index (χ3v) is 8.48. The molecular weight excluding hydrogens is 412 g/mol. The topological polar surface area (TPSA) is 105 Å². The third kappa shape index (κ3) is 4.87. The van der Waals surface area contributed by atoms with Gasteiger partial charge in [0.1, 0.15) is 4.21 Å². The van der Waals surface area contributed by atoms with Gasteiger partial charge in [-0.1, -0.05) is 25.7 Å². The second-order valence-electron chi connectivity index (χ2n) is 7.73. The van der Waals surface area contributed by atoms with E-state index >= 15 is 0 Å². The summed E-state index contributed by atoms with van der Waals surface area (Å²) >= 11 is 1.12. The smallest absolute Gasteiger partial charge is 0.311 e. The Morgan fingerprint density at radius 3 is 2.48 bits per heavy atom. The average molecular weight is 439 g/mol. The zero-order chi connectivity index (χ0) is 20.3. The maximum Gasteiger partial charge on any atom is 0.311 e. The number of piperidine rings is 1. The molecule has 2 aliphatic rings. The third-order valence-electron chi connectivity index (χ3n) is 5.52. The predicted molar refractivity (Wildman–Crippen MR) is 109 cm³/mol. The van der Waals surface area contributed by atoms with Gasteiger partial charge in [-0.05, 0) is 38.2 Å². The molecule has 158 valence electrons. The highest BCUT2D eigenvalue weighted by Crippen LogP contribution is 2.29. The molecule has 10 heteroatoms. The number of hydrogen-bond acceptors (Lipinski definition) is 7. The lowest BCUT2D eigenvalue weighted by Gasteiger charge is -2.24. The molecule has 1 aliphatic carbocycles. The fraction of sp³-hybridized carbons (Fsp3) is 0.632. The largest absolute Gasteiger partial charge is 0.412 e. The Hall–Kier alpha value is -1.78. The Bertz CT molecular complexity index is 939. The van der Waals surface area contributed by atoms with Crippen LogP contribution >= 0.6 is 11.3 Å². The number of aromatic nitrogens is 2. The molecule has 1 aliphatic heterocycles. The number of sulfonamides is 1. The van der Waals surface area contributed by atoms with Crippen molar-refractivity contribution < 1.29 is 17.6 Å². The van der Waals surface area contributed by atoms with E-state index < -0.39 is 10.0 Å². The number of carbonyl (C=O) groups excluding carboxylic acids is 1. The van der Waals surface area contributed by atoms with Gasteiger partial charge in [-0.3, -0.25) is 4.79 Å². The van der Waals surface area contributed by atoms with Crippen LogP contribution in [0, 0.1) is 0 Å². The minimum atomic E-state index is -3.59. The van der Waals surface area contributed by atoms with E-state index in [0.29, 0.717) is 18.7 Å². The molecule has 2 aromatic heterocycles. The maximum absolute atomic E-state index is 12.7. The van der Waals surface area contributed by atoms with Crippen molar-refractivity contribution in [2.75, 3.05) is 13.1 Å². The van der Waals surface area contributed by atoms with Crippen molar-refractivity contribution in [1.82, 2.24) is 19.8 Å². The predicted octanol–water partition coefficient (Wildman–Crippen LogP) is 3.43. The number of likely N-dealkylation sites (tertiary alicyclic amines) is 1. The Labute approximate surface area is 174 Å². The molecule has 0 spiro atoms. The quantitative estimate of drug-likeness (QED) is 0.717. The number of thiophene rings is 1. The van der Waals surface area contributed by atoms with Gasteiger partial charge in [0.05, 0.1) is 5.56 Å². The van der Waals surface area contributed by atoms with E-state index in [4.69, 9.17) is 4.42 Å². The summed E-state index contributed by atoms with van der Waals surface area (Å²) in [5.74, 6) is -0.145. The molecule has 0 radical (unpaired) electrons. The van der Waals surface area contributed by atoms with Crippen LogP contribution in [0.15, 0.2) is 20.1 Å². The average Bonchev–Trinajstić information content (AvgIpc) is 3.34. The molecule has 1 saturated heterocycles. The van der Waals surface area contributed by atoms with Crippen molar-refractivity contribution in [3.63, 3.8) is 0 Å². The van der Waals surface area contributed by atoms with Crippen LogP contribution in [-0.4, -0.2) is 48.6 Å².